The largest absolute Gasteiger partial charge is 0.316 e. The molecule has 0 aliphatic rings. The van der Waals surface area contributed by atoms with Crippen molar-refractivity contribution in [3.8, 4) is 0 Å². The molecule has 1 nitrogen and oxygen atoms in total. The van der Waals surface area contributed by atoms with Crippen LogP contribution in [0.3, 0.4) is 0 Å². The normalized spacial score (nSPS) is 10.1. The quantitative estimate of drug-likeness (QED) is 0.803. The highest BCUT2D eigenvalue weighted by Gasteiger charge is 1.98. The van der Waals surface area contributed by atoms with Crippen LogP contribution in [0.15, 0.2) is 22.7 Å². The zero-order chi connectivity index (χ0) is 8.27. The Bertz CT molecular complexity index is 250. The summed E-state index contributed by atoms with van der Waals surface area (Å²) in [7, 11) is 1.86. The molecule has 1 N–H and O–H groups in total. The van der Waals surface area contributed by atoms with Crippen LogP contribution in [-0.4, -0.2) is 7.05 Å². The standard InChI is InChI=1S/C8H9BrFN/c1-11-5-6-2-3-7(10)4-8(6)9/h2-4,11H,5H2,1H3. The molecule has 0 radical (unpaired) electrons. The van der Waals surface area contributed by atoms with Crippen LogP contribution >= 0.6 is 15.9 Å². The summed E-state index contributed by atoms with van der Waals surface area (Å²) in [4.78, 5) is 0. The van der Waals surface area contributed by atoms with Crippen LogP contribution < -0.4 is 5.32 Å². The monoisotopic (exact) mass is 217 g/mol. The summed E-state index contributed by atoms with van der Waals surface area (Å²) in [6.07, 6.45) is 0. The Morgan fingerprint density at radius 3 is 2.82 bits per heavy atom. The summed E-state index contributed by atoms with van der Waals surface area (Å²) >= 11 is 3.27. The molecule has 0 saturated carbocycles. The first-order valence-electron chi connectivity index (χ1n) is 3.32. The first-order chi connectivity index (χ1) is 5.24. The van der Waals surface area contributed by atoms with Crippen LogP contribution in [0.25, 0.3) is 0 Å². The molecular weight excluding hydrogens is 209 g/mol. The van der Waals surface area contributed by atoms with E-state index in [1.807, 2.05) is 7.05 Å². The molecule has 0 spiro atoms. The molecule has 0 aliphatic carbocycles. The van der Waals surface area contributed by atoms with Gasteiger partial charge in [0.25, 0.3) is 0 Å². The third-order valence-corrected chi connectivity index (χ3v) is 2.12. The van der Waals surface area contributed by atoms with Crippen molar-refractivity contribution in [2.45, 2.75) is 6.54 Å². The molecule has 0 bridgehead atoms. The van der Waals surface area contributed by atoms with E-state index in [1.165, 1.54) is 12.1 Å². The predicted octanol–water partition coefficient (Wildman–Crippen LogP) is 2.31. The minimum atomic E-state index is -0.211. The molecule has 1 rings (SSSR count). The van der Waals surface area contributed by atoms with Gasteiger partial charge in [-0.3, -0.25) is 0 Å². The Morgan fingerprint density at radius 1 is 1.55 bits per heavy atom. The van der Waals surface area contributed by atoms with Crippen LogP contribution in [0.1, 0.15) is 5.56 Å². The lowest BCUT2D eigenvalue weighted by Gasteiger charge is -2.02. The second kappa shape index (κ2) is 3.83. The molecule has 0 heterocycles. The Kier molecular flexibility index (Phi) is 3.02. The van der Waals surface area contributed by atoms with E-state index in [1.54, 1.807) is 6.07 Å². The molecular formula is C8H9BrFN. The van der Waals surface area contributed by atoms with Crippen molar-refractivity contribution in [1.29, 1.82) is 0 Å². The van der Waals surface area contributed by atoms with E-state index in [9.17, 15) is 4.39 Å². The Morgan fingerprint density at radius 2 is 2.27 bits per heavy atom. The summed E-state index contributed by atoms with van der Waals surface area (Å²) < 4.78 is 13.3. The van der Waals surface area contributed by atoms with Gasteiger partial charge in [0.05, 0.1) is 0 Å². The van der Waals surface area contributed by atoms with Gasteiger partial charge in [-0.15, -0.1) is 0 Å². The molecule has 0 fully saturated rings. The Balaban J connectivity index is 2.90. The fourth-order valence-corrected chi connectivity index (χ4v) is 1.35. The molecule has 3 heteroatoms. The summed E-state index contributed by atoms with van der Waals surface area (Å²) in [6, 6.07) is 4.68. The van der Waals surface area contributed by atoms with Crippen molar-refractivity contribution < 1.29 is 4.39 Å². The first kappa shape index (κ1) is 8.68. The van der Waals surface area contributed by atoms with Crippen LogP contribution in [0.2, 0.25) is 0 Å². The van der Waals surface area contributed by atoms with Crippen molar-refractivity contribution in [2.75, 3.05) is 7.05 Å². The van der Waals surface area contributed by atoms with Gasteiger partial charge in [-0.1, -0.05) is 22.0 Å². The average molecular weight is 218 g/mol. The fourth-order valence-electron chi connectivity index (χ4n) is 0.855. The zero-order valence-corrected chi connectivity index (χ0v) is 7.78. The van der Waals surface area contributed by atoms with Gasteiger partial charge in [0, 0.05) is 11.0 Å². The number of halogens is 2. The van der Waals surface area contributed by atoms with Gasteiger partial charge in [-0.25, -0.2) is 4.39 Å². The molecule has 0 amide bonds. The predicted molar refractivity (Wildman–Crippen MR) is 46.9 cm³/mol. The van der Waals surface area contributed by atoms with Crippen LogP contribution in [0.5, 0.6) is 0 Å². The number of nitrogens with one attached hydrogen (secondary N) is 1. The molecule has 0 aromatic heterocycles. The smallest absolute Gasteiger partial charge is 0.124 e. The highest BCUT2D eigenvalue weighted by atomic mass is 79.9. The number of hydrogen-bond acceptors (Lipinski definition) is 1. The van der Waals surface area contributed by atoms with Crippen LogP contribution in [0, 0.1) is 5.82 Å². The second-order valence-electron chi connectivity index (χ2n) is 2.27. The van der Waals surface area contributed by atoms with Crippen molar-refractivity contribution in [3.63, 3.8) is 0 Å². The second-order valence-corrected chi connectivity index (χ2v) is 3.12. The van der Waals surface area contributed by atoms with Gasteiger partial charge in [0.2, 0.25) is 0 Å². The van der Waals surface area contributed by atoms with Gasteiger partial charge < -0.3 is 5.32 Å². The van der Waals surface area contributed by atoms with E-state index in [4.69, 9.17) is 0 Å². The van der Waals surface area contributed by atoms with Crippen molar-refractivity contribution in [2.24, 2.45) is 0 Å². The third-order valence-electron chi connectivity index (χ3n) is 1.38. The first-order valence-corrected chi connectivity index (χ1v) is 4.12. The number of benzene rings is 1. The van der Waals surface area contributed by atoms with E-state index in [2.05, 4.69) is 21.2 Å². The van der Waals surface area contributed by atoms with Crippen LogP contribution in [0.4, 0.5) is 4.39 Å². The maximum Gasteiger partial charge on any atom is 0.124 e. The minimum absolute atomic E-state index is 0.211. The SMILES string of the molecule is CNCc1ccc(F)cc1Br. The molecule has 0 aliphatic heterocycles. The summed E-state index contributed by atoms with van der Waals surface area (Å²) in [5.41, 5.74) is 1.06. The van der Waals surface area contributed by atoms with Gasteiger partial charge in [-0.05, 0) is 24.7 Å². The number of rotatable bonds is 2. The van der Waals surface area contributed by atoms with Crippen molar-refractivity contribution >= 4 is 15.9 Å². The number of hydrogen-bond donors (Lipinski definition) is 1. The van der Waals surface area contributed by atoms with Gasteiger partial charge in [0.15, 0.2) is 0 Å². The van der Waals surface area contributed by atoms with Crippen molar-refractivity contribution in [3.05, 3.63) is 34.1 Å². The molecule has 11 heavy (non-hydrogen) atoms. The van der Waals surface area contributed by atoms with E-state index in [0.717, 1.165) is 16.6 Å². The minimum Gasteiger partial charge on any atom is -0.316 e. The van der Waals surface area contributed by atoms with E-state index < -0.39 is 0 Å². The maximum absolute atomic E-state index is 12.5. The fraction of sp³-hybridized carbons (Fsp3) is 0.250. The van der Waals surface area contributed by atoms with E-state index >= 15 is 0 Å². The lowest BCUT2D eigenvalue weighted by atomic mass is 10.2. The topological polar surface area (TPSA) is 12.0 Å². The molecule has 1 aromatic carbocycles. The molecule has 60 valence electrons. The van der Waals surface area contributed by atoms with Crippen molar-refractivity contribution in [1.82, 2.24) is 5.32 Å². The molecule has 0 atom stereocenters. The molecule has 0 saturated heterocycles. The van der Waals surface area contributed by atoms with Gasteiger partial charge in [0.1, 0.15) is 5.82 Å². The summed E-state index contributed by atoms with van der Waals surface area (Å²) in [5.74, 6) is -0.211. The van der Waals surface area contributed by atoms with Gasteiger partial charge in [-0.2, -0.15) is 0 Å². The van der Waals surface area contributed by atoms with Gasteiger partial charge >= 0.3 is 0 Å². The highest BCUT2D eigenvalue weighted by molar-refractivity contribution is 9.10. The Labute approximate surface area is 73.7 Å². The lowest BCUT2D eigenvalue weighted by Crippen LogP contribution is -2.05. The molecule has 0 unspecified atom stereocenters. The van der Waals surface area contributed by atoms with Crippen LogP contribution in [-0.2, 0) is 6.54 Å². The highest BCUT2D eigenvalue weighted by Crippen LogP contribution is 2.17. The lowest BCUT2D eigenvalue weighted by molar-refractivity contribution is 0.625. The summed E-state index contributed by atoms with van der Waals surface area (Å²) in [5, 5.41) is 2.99. The summed E-state index contributed by atoms with van der Waals surface area (Å²) in [6.45, 7) is 0.751. The average Bonchev–Trinajstić information content (AvgIpc) is 1.95. The van der Waals surface area contributed by atoms with E-state index in [-0.39, 0.29) is 5.82 Å². The third kappa shape index (κ3) is 2.27. The Hall–Kier alpha value is -0.410. The maximum atomic E-state index is 12.5. The molecule has 1 aromatic rings. The zero-order valence-electron chi connectivity index (χ0n) is 6.20. The van der Waals surface area contributed by atoms with E-state index in [0.29, 0.717) is 0 Å².